The van der Waals surface area contributed by atoms with Gasteiger partial charge in [0.25, 0.3) is 5.91 Å². The first-order valence-corrected chi connectivity index (χ1v) is 9.40. The molecule has 3 N–H and O–H groups in total. The number of amides is 1. The van der Waals surface area contributed by atoms with Gasteiger partial charge >= 0.3 is 11.9 Å². The number of nitrogens with zero attached hydrogens (tertiary/aromatic N) is 1. The molecule has 0 aliphatic heterocycles. The summed E-state index contributed by atoms with van der Waals surface area (Å²) >= 11 is 0. The van der Waals surface area contributed by atoms with Crippen molar-refractivity contribution in [1.29, 1.82) is 5.26 Å². The number of carbonyl (C=O) groups is 3. The van der Waals surface area contributed by atoms with Crippen molar-refractivity contribution in [2.75, 3.05) is 5.32 Å². The number of benzene rings is 2. The molecular weight excluding hydrogens is 412 g/mol. The molecule has 0 saturated carbocycles. The molecule has 0 saturated heterocycles. The highest BCUT2D eigenvalue weighted by Gasteiger charge is 2.15. The highest BCUT2D eigenvalue weighted by Crippen LogP contribution is 2.26. The Kier molecular flexibility index (Phi) is 6.21. The first-order chi connectivity index (χ1) is 15.2. The van der Waals surface area contributed by atoms with Crippen molar-refractivity contribution in [2.45, 2.75) is 13.8 Å². The van der Waals surface area contributed by atoms with Crippen molar-refractivity contribution in [3.63, 3.8) is 0 Å². The summed E-state index contributed by atoms with van der Waals surface area (Å²) in [5.41, 5.74) is 2.23. The minimum Gasteiger partial charge on any atom is -0.478 e. The number of carbonyl (C=O) groups excluding carboxylic acids is 1. The third-order valence-electron chi connectivity index (χ3n) is 4.75. The number of nitriles is 1. The average molecular weight is 430 g/mol. The van der Waals surface area contributed by atoms with E-state index >= 15 is 0 Å². The normalized spacial score (nSPS) is 11.0. The van der Waals surface area contributed by atoms with Crippen LogP contribution < -0.4 is 5.32 Å². The van der Waals surface area contributed by atoms with Gasteiger partial charge in [-0.2, -0.15) is 5.26 Å². The second-order valence-electron chi connectivity index (χ2n) is 7.03. The Bertz CT molecular complexity index is 1280. The first kappa shape index (κ1) is 22.1. The van der Waals surface area contributed by atoms with Gasteiger partial charge in [-0.15, -0.1) is 0 Å². The molecule has 8 nitrogen and oxygen atoms in total. The van der Waals surface area contributed by atoms with Gasteiger partial charge in [0, 0.05) is 17.3 Å². The molecule has 1 heterocycles. The fraction of sp³-hybridized carbons (Fsp3) is 0.0833. The van der Waals surface area contributed by atoms with Crippen LogP contribution in [0.15, 0.2) is 58.5 Å². The molecule has 3 aromatic rings. The van der Waals surface area contributed by atoms with Crippen LogP contribution in [-0.2, 0) is 4.79 Å². The standard InChI is InChI=1S/C24H18N2O6/c1-13-3-4-19(7-14(13)2)26-22(27)18(12-25)11-20-5-6-21(32-20)15-8-16(23(28)29)10-17(9-15)24(30)31/h3-11H,1-2H3,(H,26,27)(H,28,29)(H,30,31)/b18-11+. The summed E-state index contributed by atoms with van der Waals surface area (Å²) < 4.78 is 5.61. The number of carboxylic acids is 2. The van der Waals surface area contributed by atoms with Crippen LogP contribution in [-0.4, -0.2) is 28.1 Å². The average Bonchev–Trinajstić information content (AvgIpc) is 3.23. The lowest BCUT2D eigenvalue weighted by atomic mass is 10.0. The molecule has 1 aromatic heterocycles. The molecule has 160 valence electrons. The molecule has 0 aliphatic rings. The number of aryl methyl sites for hydroxylation is 2. The Morgan fingerprint density at radius 1 is 0.938 bits per heavy atom. The number of carboxylic acid groups (broad SMARTS) is 2. The molecule has 0 bridgehead atoms. The van der Waals surface area contributed by atoms with Gasteiger partial charge in [-0.1, -0.05) is 6.07 Å². The lowest BCUT2D eigenvalue weighted by Gasteiger charge is -2.07. The Morgan fingerprint density at radius 2 is 1.59 bits per heavy atom. The summed E-state index contributed by atoms with van der Waals surface area (Å²) in [5.74, 6) is -2.82. The fourth-order valence-electron chi connectivity index (χ4n) is 2.91. The van der Waals surface area contributed by atoms with E-state index in [2.05, 4.69) is 5.32 Å². The Balaban J connectivity index is 1.89. The van der Waals surface area contributed by atoms with Crippen molar-refractivity contribution in [3.05, 3.63) is 82.1 Å². The van der Waals surface area contributed by atoms with Crippen LogP contribution in [0.1, 0.15) is 37.6 Å². The topological polar surface area (TPSA) is 141 Å². The number of nitrogens with one attached hydrogen (secondary N) is 1. The third kappa shape index (κ3) is 4.91. The van der Waals surface area contributed by atoms with Crippen LogP contribution in [0.25, 0.3) is 17.4 Å². The van der Waals surface area contributed by atoms with Crippen molar-refractivity contribution >= 4 is 29.6 Å². The number of furan rings is 1. The summed E-state index contributed by atoms with van der Waals surface area (Å²) in [6.45, 7) is 3.85. The third-order valence-corrected chi connectivity index (χ3v) is 4.75. The molecule has 8 heteroatoms. The molecule has 0 radical (unpaired) electrons. The number of hydrogen-bond acceptors (Lipinski definition) is 5. The largest absolute Gasteiger partial charge is 0.478 e. The van der Waals surface area contributed by atoms with Gasteiger partial charge < -0.3 is 19.9 Å². The van der Waals surface area contributed by atoms with E-state index in [0.29, 0.717) is 5.69 Å². The summed E-state index contributed by atoms with van der Waals surface area (Å²) in [6.07, 6.45) is 1.25. The smallest absolute Gasteiger partial charge is 0.335 e. The van der Waals surface area contributed by atoms with Gasteiger partial charge in [-0.05, 0) is 67.4 Å². The highest BCUT2D eigenvalue weighted by atomic mass is 16.4. The molecule has 0 atom stereocenters. The number of anilines is 1. The van der Waals surface area contributed by atoms with Gasteiger partial charge in [0.15, 0.2) is 0 Å². The van der Waals surface area contributed by atoms with Gasteiger partial charge in [0.1, 0.15) is 23.2 Å². The van der Waals surface area contributed by atoms with Crippen LogP contribution in [0.5, 0.6) is 0 Å². The maximum Gasteiger partial charge on any atom is 0.335 e. The van der Waals surface area contributed by atoms with E-state index in [4.69, 9.17) is 4.42 Å². The van der Waals surface area contributed by atoms with E-state index in [9.17, 15) is 29.9 Å². The maximum absolute atomic E-state index is 12.5. The van der Waals surface area contributed by atoms with Crippen molar-refractivity contribution in [2.24, 2.45) is 0 Å². The predicted molar refractivity (Wildman–Crippen MR) is 116 cm³/mol. The molecule has 32 heavy (non-hydrogen) atoms. The lowest BCUT2D eigenvalue weighted by molar-refractivity contribution is -0.112. The Hall–Kier alpha value is -4.64. The second kappa shape index (κ2) is 9.02. The van der Waals surface area contributed by atoms with Crippen LogP contribution in [0.2, 0.25) is 0 Å². The van der Waals surface area contributed by atoms with E-state index in [1.165, 1.54) is 30.3 Å². The Labute approximate surface area is 183 Å². The van der Waals surface area contributed by atoms with Gasteiger partial charge in [-0.25, -0.2) is 9.59 Å². The Morgan fingerprint density at radius 3 is 2.16 bits per heavy atom. The highest BCUT2D eigenvalue weighted by molar-refractivity contribution is 6.09. The molecule has 0 spiro atoms. The molecule has 3 rings (SSSR count). The van der Waals surface area contributed by atoms with E-state index in [-0.39, 0.29) is 33.8 Å². The summed E-state index contributed by atoms with van der Waals surface area (Å²) in [4.78, 5) is 35.1. The van der Waals surface area contributed by atoms with Crippen molar-refractivity contribution < 1.29 is 29.0 Å². The second-order valence-corrected chi connectivity index (χ2v) is 7.03. The zero-order valence-corrected chi connectivity index (χ0v) is 17.2. The molecule has 0 aliphatic carbocycles. The minimum absolute atomic E-state index is 0.171. The number of hydrogen-bond donors (Lipinski definition) is 3. The minimum atomic E-state index is -1.28. The maximum atomic E-state index is 12.5. The lowest BCUT2D eigenvalue weighted by Crippen LogP contribution is -2.13. The van der Waals surface area contributed by atoms with E-state index in [0.717, 1.165) is 17.2 Å². The fourth-order valence-corrected chi connectivity index (χ4v) is 2.91. The van der Waals surface area contributed by atoms with Gasteiger partial charge in [-0.3, -0.25) is 4.79 Å². The van der Waals surface area contributed by atoms with Crippen molar-refractivity contribution in [1.82, 2.24) is 0 Å². The van der Waals surface area contributed by atoms with Crippen molar-refractivity contribution in [3.8, 4) is 17.4 Å². The van der Waals surface area contributed by atoms with Crippen LogP contribution in [0, 0.1) is 25.2 Å². The van der Waals surface area contributed by atoms with Crippen LogP contribution in [0.4, 0.5) is 5.69 Å². The van der Waals surface area contributed by atoms with E-state index in [1.54, 1.807) is 12.1 Å². The molecule has 0 unspecified atom stereocenters. The van der Waals surface area contributed by atoms with Crippen LogP contribution >= 0.6 is 0 Å². The quantitative estimate of drug-likeness (QED) is 0.386. The van der Waals surface area contributed by atoms with E-state index in [1.807, 2.05) is 26.0 Å². The first-order valence-electron chi connectivity index (χ1n) is 9.40. The monoisotopic (exact) mass is 430 g/mol. The molecule has 0 fully saturated rings. The SMILES string of the molecule is Cc1ccc(NC(=O)/C(C#N)=C/c2ccc(-c3cc(C(=O)O)cc(C(=O)O)c3)o2)cc1C. The molecule has 2 aromatic carbocycles. The summed E-state index contributed by atoms with van der Waals surface area (Å²) in [6, 6.07) is 13.8. The molecule has 1 amide bonds. The number of aromatic carboxylic acids is 2. The summed E-state index contributed by atoms with van der Waals surface area (Å²) in [5, 5.41) is 30.5. The predicted octanol–water partition coefficient (Wildman–Crippen LogP) is 4.51. The molecular formula is C24H18N2O6. The zero-order valence-electron chi connectivity index (χ0n) is 17.2. The van der Waals surface area contributed by atoms with Crippen LogP contribution in [0.3, 0.4) is 0 Å². The summed E-state index contributed by atoms with van der Waals surface area (Å²) in [7, 11) is 0. The van der Waals surface area contributed by atoms with E-state index < -0.39 is 17.8 Å². The van der Waals surface area contributed by atoms with Gasteiger partial charge in [0.2, 0.25) is 0 Å². The number of rotatable bonds is 6. The van der Waals surface area contributed by atoms with Gasteiger partial charge in [0.05, 0.1) is 11.1 Å². The zero-order chi connectivity index (χ0) is 23.4.